The Labute approximate surface area is 510 Å². The van der Waals surface area contributed by atoms with Crippen LogP contribution in [0.4, 0.5) is 0 Å². The quantitative estimate of drug-likeness (QED) is 0.0446. The summed E-state index contributed by atoms with van der Waals surface area (Å²) >= 11 is 0. The van der Waals surface area contributed by atoms with Crippen LogP contribution in [0.25, 0.3) is 34.9 Å². The molecule has 0 aromatic heterocycles. The average molecular weight is 1240 g/mol. The molecular weight excluding hydrogens is 1170 g/mol. The van der Waals surface area contributed by atoms with E-state index in [1.54, 1.807) is 162 Å². The summed E-state index contributed by atoms with van der Waals surface area (Å²) < 4.78 is 89.4. The van der Waals surface area contributed by atoms with Crippen molar-refractivity contribution in [1.82, 2.24) is 4.90 Å². The molecule has 0 unspecified atom stereocenters. The molecule has 0 aliphatic carbocycles. The molecule has 0 saturated carbocycles. The van der Waals surface area contributed by atoms with Crippen LogP contribution in [0.5, 0.6) is 63.2 Å². The van der Waals surface area contributed by atoms with Crippen LogP contribution in [-0.4, -0.2) is 124 Å². The predicted octanol–water partition coefficient (Wildman–Crippen LogP) is 12.1. The van der Waals surface area contributed by atoms with E-state index in [0.717, 1.165) is 18.1 Å². The molecule has 19 nitrogen and oxygen atoms in total. The Morgan fingerprint density at radius 1 is 0.364 bits per heavy atom. The van der Waals surface area contributed by atoms with Crippen LogP contribution in [-0.2, 0) is 34.1 Å². The van der Waals surface area contributed by atoms with E-state index in [4.69, 9.17) is 37.9 Å². The van der Waals surface area contributed by atoms with Gasteiger partial charge in [0.25, 0.3) is 5.91 Å². The van der Waals surface area contributed by atoms with Crippen LogP contribution < -0.4 is 37.9 Å². The molecule has 8 rings (SSSR count). The number of ether oxygens (including phenoxy) is 8. The Morgan fingerprint density at radius 3 is 0.841 bits per heavy atom. The van der Waals surface area contributed by atoms with Crippen molar-refractivity contribution in [2.45, 2.75) is 9.79 Å². The third-order valence-corrected chi connectivity index (χ3v) is 14.9. The molecule has 21 heteroatoms. The Hall–Kier alpha value is -10.5. The number of phenolic OH excluding ortho intramolecular Hbond substituents is 1. The monoisotopic (exact) mass is 1240 g/mol. The van der Waals surface area contributed by atoms with E-state index >= 15 is 0 Å². The number of hydrogen-bond donors (Lipinski definition) is 3. The molecule has 0 atom stereocenters. The van der Waals surface area contributed by atoms with Gasteiger partial charge in [-0.2, -0.15) is 0 Å². The van der Waals surface area contributed by atoms with Gasteiger partial charge in [0.15, 0.2) is 19.7 Å². The highest BCUT2D eigenvalue weighted by Gasteiger charge is 2.18. The van der Waals surface area contributed by atoms with Gasteiger partial charge in [0.1, 0.15) is 63.2 Å². The first-order valence-corrected chi connectivity index (χ1v) is 30.1. The number of carbonyl (C=O) groups excluding carboxylic acids is 1. The highest BCUT2D eigenvalue weighted by molar-refractivity contribution is 7.91. The van der Waals surface area contributed by atoms with Gasteiger partial charge in [-0.25, -0.2) is 26.4 Å². The minimum absolute atomic E-state index is 0.0801. The zero-order valence-electron chi connectivity index (χ0n) is 49.7. The van der Waals surface area contributed by atoms with Crippen molar-refractivity contribution < 1.29 is 84.4 Å². The van der Waals surface area contributed by atoms with E-state index in [0.29, 0.717) is 90.9 Å². The summed E-state index contributed by atoms with van der Waals surface area (Å²) in [6.07, 6.45) is 7.14. The van der Waals surface area contributed by atoms with Crippen LogP contribution in [0.15, 0.2) is 186 Å². The number of benzene rings is 8. The third kappa shape index (κ3) is 19.3. The molecule has 0 spiro atoms. The normalized spacial score (nSPS) is 11.5. The second-order valence-electron chi connectivity index (χ2n) is 19.2. The Balaban J connectivity index is 0.000000216. The van der Waals surface area contributed by atoms with Gasteiger partial charge < -0.3 is 58.1 Å². The molecule has 0 saturated heterocycles. The van der Waals surface area contributed by atoms with Crippen LogP contribution in [0.3, 0.4) is 0 Å². The van der Waals surface area contributed by atoms with Gasteiger partial charge in [0.05, 0.1) is 63.6 Å². The highest BCUT2D eigenvalue weighted by atomic mass is 32.2. The third-order valence-electron chi connectivity index (χ3n) is 12.6. The van der Waals surface area contributed by atoms with Crippen LogP contribution in [0.1, 0.15) is 33.4 Å². The molecular formula is C67H65NO18S2. The average Bonchev–Trinajstić information content (AvgIpc) is 3.68. The number of carboxylic acid groups (broad SMARTS) is 2. The number of aliphatic carboxylic acids is 2. The number of carboxylic acids is 2. The largest absolute Gasteiger partial charge is 0.508 e. The molecule has 0 aliphatic heterocycles. The van der Waals surface area contributed by atoms with Crippen molar-refractivity contribution in [3.63, 3.8) is 0 Å². The number of amides is 1. The van der Waals surface area contributed by atoms with Crippen molar-refractivity contribution in [2.24, 2.45) is 0 Å². The number of carbonyl (C=O) groups is 3. The summed E-state index contributed by atoms with van der Waals surface area (Å²) in [5.41, 5.74) is 4.38. The maximum Gasteiger partial charge on any atom is 0.336 e. The molecule has 3 N–H and O–H groups in total. The topological polar surface area (TPSA) is 257 Å². The molecule has 1 amide bonds. The number of methoxy groups -OCH3 is 6. The minimum atomic E-state index is -3.28. The van der Waals surface area contributed by atoms with Crippen molar-refractivity contribution in [3.8, 4) is 63.2 Å². The summed E-state index contributed by atoms with van der Waals surface area (Å²) in [7, 11) is 6.08. The van der Waals surface area contributed by atoms with Gasteiger partial charge in [-0.1, -0.05) is 36.4 Å². The summed E-state index contributed by atoms with van der Waals surface area (Å²) in [5, 5.41) is 28.4. The molecule has 8 aromatic rings. The first-order valence-electron chi connectivity index (χ1n) is 26.3. The van der Waals surface area contributed by atoms with Gasteiger partial charge >= 0.3 is 11.9 Å². The summed E-state index contributed by atoms with van der Waals surface area (Å²) in [6.45, 7) is 0. The fraction of sp³-hybridized carbons (Fsp3) is 0.149. The van der Waals surface area contributed by atoms with Gasteiger partial charge in [-0.3, -0.25) is 4.79 Å². The van der Waals surface area contributed by atoms with Gasteiger partial charge in [-0.15, -0.1) is 0 Å². The van der Waals surface area contributed by atoms with Crippen LogP contribution in [0, 0.1) is 0 Å². The van der Waals surface area contributed by atoms with Gasteiger partial charge in [0.2, 0.25) is 0 Å². The van der Waals surface area contributed by atoms with E-state index in [1.165, 1.54) is 81.9 Å². The number of aromatic hydroxyl groups is 1. The lowest BCUT2D eigenvalue weighted by atomic mass is 10.0. The molecule has 458 valence electrons. The summed E-state index contributed by atoms with van der Waals surface area (Å²) in [4.78, 5) is 38.3. The molecule has 0 radical (unpaired) electrons. The molecule has 0 aliphatic rings. The number of rotatable bonds is 21. The Morgan fingerprint density at radius 2 is 0.602 bits per heavy atom. The molecule has 8 aromatic carbocycles. The second kappa shape index (κ2) is 30.5. The molecule has 0 bridgehead atoms. The standard InChI is InChI=1S/C26H27NO6S.C24H22O7S.C17H16O5/c1-27(2)26(28)25(16-18-14-22(31-3)17-23(15-18)32-4)19-6-8-20(9-7-19)33-21-10-12-24(13-11-21)34(5,29)30;1-29-20-12-16(13-21(15-20)30-2)14-23(24(25)26)17-4-6-18(7-5-17)31-19-8-10-22(11-9-19)32(3,27)28;1-21-14-7-11(8-15(10-14)22-2)9-16(17(19)20)12-3-5-13(18)6-4-12/h6-17H,1-5H3;4-15H,1-3H3,(H,25,26);3-10,18H,1-2H3,(H,19,20)/b25-16+;23-14+;16-9+. The van der Waals surface area contributed by atoms with Crippen molar-refractivity contribution >= 4 is 72.5 Å². The number of nitrogens with zero attached hydrogens (tertiary/aromatic N) is 1. The van der Waals surface area contributed by atoms with Gasteiger partial charge in [0, 0.05) is 50.4 Å². The smallest absolute Gasteiger partial charge is 0.336 e. The van der Waals surface area contributed by atoms with Crippen LogP contribution >= 0.6 is 0 Å². The zero-order valence-corrected chi connectivity index (χ0v) is 51.3. The van der Waals surface area contributed by atoms with E-state index < -0.39 is 31.6 Å². The SMILES string of the molecule is COc1cc(/C=C(/C(=O)N(C)C)c2ccc(Oc3ccc(S(C)(=O)=O)cc3)cc2)cc(OC)c1.COc1cc(/C=C(/C(=O)O)c2ccc(O)cc2)cc(OC)c1.COc1cc(/C=C(/C(=O)O)c2ccc(Oc3ccc(S(C)(=O)=O)cc3)cc2)cc(OC)c1. The van der Waals surface area contributed by atoms with Crippen molar-refractivity contribution in [2.75, 3.05) is 69.3 Å². The van der Waals surface area contributed by atoms with E-state index in [1.807, 2.05) is 12.1 Å². The molecule has 0 fully saturated rings. The lowest BCUT2D eigenvalue weighted by Crippen LogP contribution is -2.22. The summed E-state index contributed by atoms with van der Waals surface area (Å²) in [6, 6.07) is 47.5. The first kappa shape index (κ1) is 66.6. The lowest BCUT2D eigenvalue weighted by molar-refractivity contribution is -0.131. The lowest BCUT2D eigenvalue weighted by Gasteiger charge is -2.15. The highest BCUT2D eigenvalue weighted by Crippen LogP contribution is 2.33. The number of likely N-dealkylation sites (N-methyl/N-ethyl adjacent to an activating group) is 1. The van der Waals surface area contributed by atoms with Crippen LogP contribution in [0.2, 0.25) is 0 Å². The maximum atomic E-state index is 13.0. The molecule has 0 heterocycles. The summed E-state index contributed by atoms with van der Waals surface area (Å²) in [5.74, 6) is 3.24. The number of phenols is 1. The Kier molecular flexibility index (Phi) is 23.1. The van der Waals surface area contributed by atoms with E-state index in [2.05, 4.69) is 0 Å². The maximum absolute atomic E-state index is 13.0. The molecule has 88 heavy (non-hydrogen) atoms. The first-order chi connectivity index (χ1) is 41.8. The second-order valence-corrected chi connectivity index (χ2v) is 23.2. The van der Waals surface area contributed by atoms with Crippen molar-refractivity contribution in [3.05, 3.63) is 209 Å². The fourth-order valence-corrected chi connectivity index (χ4v) is 9.37. The minimum Gasteiger partial charge on any atom is -0.508 e. The number of hydrogen-bond acceptors (Lipinski definition) is 16. The number of sulfone groups is 2. The zero-order chi connectivity index (χ0) is 64.3. The van der Waals surface area contributed by atoms with E-state index in [9.17, 15) is 46.5 Å². The van der Waals surface area contributed by atoms with Crippen molar-refractivity contribution in [1.29, 1.82) is 0 Å². The van der Waals surface area contributed by atoms with E-state index in [-0.39, 0.29) is 32.6 Å². The van der Waals surface area contributed by atoms with Gasteiger partial charge in [-0.05, 0) is 173 Å². The Bertz CT molecular complexity index is 4000. The predicted molar refractivity (Wildman–Crippen MR) is 336 cm³/mol. The fourth-order valence-electron chi connectivity index (χ4n) is 8.11.